The Hall–Kier alpha value is -0.740. The first-order chi connectivity index (χ1) is 8.72. The minimum Gasteiger partial charge on any atom is -0.493 e. The number of benzene rings is 1. The van der Waals surface area contributed by atoms with Crippen molar-refractivity contribution in [3.05, 3.63) is 17.2 Å². The van der Waals surface area contributed by atoms with Gasteiger partial charge in [-0.05, 0) is 17.9 Å². The first-order valence-corrected chi connectivity index (χ1v) is 7.49. The number of ether oxygens (including phenoxy) is 2. The molecule has 0 unspecified atom stereocenters. The summed E-state index contributed by atoms with van der Waals surface area (Å²) in [7, 11) is 3.22. The first-order valence-electron chi connectivity index (χ1n) is 5.96. The molecule has 0 saturated carbocycles. The van der Waals surface area contributed by atoms with E-state index in [9.17, 15) is 0 Å². The van der Waals surface area contributed by atoms with Crippen LogP contribution in [0.4, 0.5) is 5.69 Å². The Morgan fingerprint density at radius 2 is 1.89 bits per heavy atom. The van der Waals surface area contributed by atoms with Crippen LogP contribution < -0.4 is 14.8 Å². The first kappa shape index (κ1) is 15.3. The fourth-order valence-corrected chi connectivity index (χ4v) is 2.39. The molecule has 0 radical (unpaired) electrons. The second-order valence-electron chi connectivity index (χ2n) is 3.66. The molecule has 0 spiro atoms. The zero-order chi connectivity index (χ0) is 13.4. The zero-order valence-corrected chi connectivity index (χ0v) is 12.7. The normalized spacial score (nSPS) is 10.2. The molecule has 0 aromatic heterocycles. The Morgan fingerprint density at radius 3 is 2.50 bits per heavy atom. The van der Waals surface area contributed by atoms with Crippen LogP contribution in [0, 0.1) is 0 Å². The zero-order valence-electron chi connectivity index (χ0n) is 11.1. The molecule has 0 amide bonds. The number of anilines is 1. The van der Waals surface area contributed by atoms with Crippen molar-refractivity contribution < 1.29 is 9.47 Å². The smallest absolute Gasteiger partial charge is 0.162 e. The molecule has 0 fully saturated rings. The van der Waals surface area contributed by atoms with Crippen molar-refractivity contribution in [3.8, 4) is 11.5 Å². The van der Waals surface area contributed by atoms with E-state index in [0.29, 0.717) is 16.5 Å². The van der Waals surface area contributed by atoms with Gasteiger partial charge in [-0.15, -0.1) is 0 Å². The van der Waals surface area contributed by atoms with Crippen LogP contribution in [0.2, 0.25) is 5.02 Å². The molecule has 0 heterocycles. The third kappa shape index (κ3) is 4.50. The largest absolute Gasteiger partial charge is 0.493 e. The highest BCUT2D eigenvalue weighted by Crippen LogP contribution is 2.35. The Kier molecular flexibility index (Phi) is 7.13. The van der Waals surface area contributed by atoms with E-state index < -0.39 is 0 Å². The SMILES string of the molecule is CCSCCCNc1cc(OC)c(OC)cc1Cl. The molecule has 3 nitrogen and oxygen atoms in total. The van der Waals surface area contributed by atoms with Crippen LogP contribution in [0.1, 0.15) is 13.3 Å². The molecule has 1 rings (SSSR count). The fourth-order valence-electron chi connectivity index (χ4n) is 1.53. The number of rotatable bonds is 8. The van der Waals surface area contributed by atoms with E-state index in [4.69, 9.17) is 21.1 Å². The number of hydrogen-bond acceptors (Lipinski definition) is 4. The van der Waals surface area contributed by atoms with Crippen molar-refractivity contribution in [2.24, 2.45) is 0 Å². The molecular weight excluding hydrogens is 270 g/mol. The molecule has 5 heteroatoms. The minimum absolute atomic E-state index is 0.648. The van der Waals surface area contributed by atoms with Crippen LogP contribution in [-0.2, 0) is 0 Å². The Balaban J connectivity index is 2.59. The lowest BCUT2D eigenvalue weighted by molar-refractivity contribution is 0.355. The lowest BCUT2D eigenvalue weighted by atomic mass is 10.2. The Morgan fingerprint density at radius 1 is 1.22 bits per heavy atom. The maximum atomic E-state index is 6.17. The second kappa shape index (κ2) is 8.38. The lowest BCUT2D eigenvalue weighted by Crippen LogP contribution is -2.04. The third-order valence-electron chi connectivity index (χ3n) is 2.46. The van der Waals surface area contributed by atoms with Crippen LogP contribution in [0.3, 0.4) is 0 Å². The minimum atomic E-state index is 0.648. The summed E-state index contributed by atoms with van der Waals surface area (Å²) in [5.74, 6) is 3.66. The quantitative estimate of drug-likeness (QED) is 0.735. The average molecular weight is 290 g/mol. The van der Waals surface area contributed by atoms with Gasteiger partial charge in [0.2, 0.25) is 0 Å². The van der Waals surface area contributed by atoms with Gasteiger partial charge in [0.25, 0.3) is 0 Å². The number of hydrogen-bond donors (Lipinski definition) is 1. The van der Waals surface area contributed by atoms with E-state index in [1.54, 1.807) is 20.3 Å². The van der Waals surface area contributed by atoms with Crippen LogP contribution >= 0.6 is 23.4 Å². The summed E-state index contributed by atoms with van der Waals surface area (Å²) in [5.41, 5.74) is 0.885. The number of methoxy groups -OCH3 is 2. The second-order valence-corrected chi connectivity index (χ2v) is 5.47. The van der Waals surface area contributed by atoms with Gasteiger partial charge < -0.3 is 14.8 Å². The van der Waals surface area contributed by atoms with E-state index >= 15 is 0 Å². The van der Waals surface area contributed by atoms with E-state index in [2.05, 4.69) is 12.2 Å². The summed E-state index contributed by atoms with van der Waals surface area (Å²) >= 11 is 8.12. The highest BCUT2D eigenvalue weighted by atomic mass is 35.5. The van der Waals surface area contributed by atoms with Crippen molar-refractivity contribution in [1.82, 2.24) is 0 Å². The van der Waals surface area contributed by atoms with E-state index in [1.807, 2.05) is 17.8 Å². The van der Waals surface area contributed by atoms with Crippen molar-refractivity contribution in [2.45, 2.75) is 13.3 Å². The van der Waals surface area contributed by atoms with Crippen molar-refractivity contribution in [3.63, 3.8) is 0 Å². The summed E-state index contributed by atoms with van der Waals surface area (Å²) in [6.07, 6.45) is 1.11. The molecule has 0 bridgehead atoms. The van der Waals surface area contributed by atoms with Crippen LogP contribution in [0.5, 0.6) is 11.5 Å². The molecular formula is C13H20ClNO2S. The number of halogens is 1. The van der Waals surface area contributed by atoms with E-state index in [0.717, 1.165) is 30.2 Å². The van der Waals surface area contributed by atoms with Gasteiger partial charge in [-0.25, -0.2) is 0 Å². The highest BCUT2D eigenvalue weighted by Gasteiger charge is 2.09. The van der Waals surface area contributed by atoms with Crippen molar-refractivity contribution >= 4 is 29.1 Å². The van der Waals surface area contributed by atoms with Gasteiger partial charge >= 0.3 is 0 Å². The van der Waals surface area contributed by atoms with Gasteiger partial charge in [-0.3, -0.25) is 0 Å². The molecule has 0 aliphatic carbocycles. The van der Waals surface area contributed by atoms with Gasteiger partial charge in [0.15, 0.2) is 11.5 Å². The molecule has 0 saturated heterocycles. The standard InChI is InChI=1S/C13H20ClNO2S/c1-4-18-7-5-6-15-11-9-13(17-3)12(16-2)8-10(11)14/h8-9,15H,4-7H2,1-3H3. The monoisotopic (exact) mass is 289 g/mol. The predicted molar refractivity (Wildman–Crippen MR) is 80.7 cm³/mol. The molecule has 1 aromatic carbocycles. The van der Waals surface area contributed by atoms with Gasteiger partial charge in [0.1, 0.15) is 0 Å². The van der Waals surface area contributed by atoms with E-state index in [1.165, 1.54) is 0 Å². The van der Waals surface area contributed by atoms with Crippen molar-refractivity contribution in [2.75, 3.05) is 37.6 Å². The molecule has 102 valence electrons. The summed E-state index contributed by atoms with van der Waals surface area (Å²) < 4.78 is 10.4. The molecule has 18 heavy (non-hydrogen) atoms. The number of thioether (sulfide) groups is 1. The summed E-state index contributed by atoms with van der Waals surface area (Å²) in [6.45, 7) is 3.07. The fraction of sp³-hybridized carbons (Fsp3) is 0.538. The Bertz CT molecular complexity index is 374. The predicted octanol–water partition coefficient (Wildman–Crippen LogP) is 3.91. The number of nitrogens with one attached hydrogen (secondary N) is 1. The van der Waals surface area contributed by atoms with E-state index in [-0.39, 0.29) is 0 Å². The molecule has 0 aliphatic heterocycles. The van der Waals surface area contributed by atoms with Crippen molar-refractivity contribution in [1.29, 1.82) is 0 Å². The van der Waals surface area contributed by atoms with Crippen LogP contribution in [0.25, 0.3) is 0 Å². The average Bonchev–Trinajstić information content (AvgIpc) is 2.39. The van der Waals surface area contributed by atoms with Gasteiger partial charge in [-0.2, -0.15) is 11.8 Å². The molecule has 0 aliphatic rings. The maximum absolute atomic E-state index is 6.17. The van der Waals surface area contributed by atoms with Crippen LogP contribution in [-0.4, -0.2) is 32.3 Å². The lowest BCUT2D eigenvalue weighted by Gasteiger charge is -2.13. The third-order valence-corrected chi connectivity index (χ3v) is 3.76. The Labute approximate surface area is 118 Å². The topological polar surface area (TPSA) is 30.5 Å². The van der Waals surface area contributed by atoms with Gasteiger partial charge in [-0.1, -0.05) is 18.5 Å². The molecule has 1 aromatic rings. The summed E-state index contributed by atoms with van der Waals surface area (Å²) in [4.78, 5) is 0. The van der Waals surface area contributed by atoms with Gasteiger partial charge in [0, 0.05) is 18.7 Å². The van der Waals surface area contributed by atoms with Gasteiger partial charge in [0.05, 0.1) is 24.9 Å². The highest BCUT2D eigenvalue weighted by molar-refractivity contribution is 7.99. The summed E-state index contributed by atoms with van der Waals surface area (Å²) in [5, 5.41) is 3.97. The summed E-state index contributed by atoms with van der Waals surface area (Å²) in [6, 6.07) is 3.64. The molecule has 1 N–H and O–H groups in total. The maximum Gasteiger partial charge on any atom is 0.162 e. The van der Waals surface area contributed by atoms with Crippen LogP contribution in [0.15, 0.2) is 12.1 Å². The molecule has 0 atom stereocenters.